The Morgan fingerprint density at radius 3 is 2.82 bits per heavy atom. The highest BCUT2D eigenvalue weighted by molar-refractivity contribution is 5.95. The van der Waals surface area contributed by atoms with Crippen molar-refractivity contribution >= 4 is 45.0 Å². The highest BCUT2D eigenvalue weighted by Gasteiger charge is 2.24. The Labute approximate surface area is 192 Å². The van der Waals surface area contributed by atoms with E-state index in [-0.39, 0.29) is 6.09 Å². The monoisotopic (exact) mass is 444 g/mol. The molecule has 4 heterocycles. The molecule has 5 rings (SSSR count). The van der Waals surface area contributed by atoms with E-state index in [9.17, 15) is 4.79 Å². The molecule has 8 heteroatoms. The topological polar surface area (TPSA) is 98.9 Å². The van der Waals surface area contributed by atoms with E-state index in [1.54, 1.807) is 11.1 Å². The van der Waals surface area contributed by atoms with Gasteiger partial charge in [-0.15, -0.1) is 0 Å². The number of amides is 1. The van der Waals surface area contributed by atoms with Gasteiger partial charge in [-0.2, -0.15) is 5.10 Å². The van der Waals surface area contributed by atoms with Crippen molar-refractivity contribution in [3.05, 3.63) is 54.0 Å². The van der Waals surface area contributed by atoms with Gasteiger partial charge in [0.2, 0.25) is 0 Å². The van der Waals surface area contributed by atoms with Gasteiger partial charge in [0.1, 0.15) is 11.2 Å². The number of rotatable bonds is 3. The lowest BCUT2D eigenvalue weighted by molar-refractivity contribution is 0.0270. The number of aromatic nitrogens is 4. The predicted molar refractivity (Wildman–Crippen MR) is 131 cm³/mol. The molecule has 1 aromatic carbocycles. The van der Waals surface area contributed by atoms with Crippen LogP contribution in [0.25, 0.3) is 27.5 Å². The Bertz CT molecular complexity index is 1370. The Morgan fingerprint density at radius 2 is 2.06 bits per heavy atom. The summed E-state index contributed by atoms with van der Waals surface area (Å²) < 4.78 is 5.50. The molecule has 3 aromatic heterocycles. The molecule has 0 aliphatic carbocycles. The maximum Gasteiger partial charge on any atom is 0.410 e. The Hall–Kier alpha value is -3.81. The van der Waals surface area contributed by atoms with Crippen LogP contribution in [0.5, 0.6) is 0 Å². The second kappa shape index (κ2) is 7.95. The number of aromatic amines is 2. The third kappa shape index (κ3) is 4.28. The largest absolute Gasteiger partial charge is 0.444 e. The third-order valence-electron chi connectivity index (χ3n) is 5.79. The van der Waals surface area contributed by atoms with Crippen molar-refractivity contribution in [2.24, 2.45) is 0 Å². The predicted octanol–water partition coefficient (Wildman–Crippen LogP) is 5.52. The Kier molecular flexibility index (Phi) is 5.08. The number of aryl methyl sites for hydroxylation is 1. The second-order valence-corrected chi connectivity index (χ2v) is 9.46. The highest BCUT2D eigenvalue weighted by atomic mass is 16.6. The average Bonchev–Trinajstić information content (AvgIpc) is 3.40. The van der Waals surface area contributed by atoms with Crippen molar-refractivity contribution in [3.8, 4) is 0 Å². The number of carbonyl (C=O) groups is 1. The maximum absolute atomic E-state index is 12.4. The first-order valence-electron chi connectivity index (χ1n) is 11.1. The van der Waals surface area contributed by atoms with Gasteiger partial charge in [0.25, 0.3) is 0 Å². The van der Waals surface area contributed by atoms with E-state index >= 15 is 0 Å². The molecule has 4 aromatic rings. The minimum Gasteiger partial charge on any atom is -0.444 e. The van der Waals surface area contributed by atoms with E-state index in [0.29, 0.717) is 13.1 Å². The molecule has 0 fully saturated rings. The number of fused-ring (bicyclic) bond motifs is 2. The molecule has 0 atom stereocenters. The van der Waals surface area contributed by atoms with Crippen LogP contribution >= 0.6 is 0 Å². The van der Waals surface area contributed by atoms with Gasteiger partial charge in [-0.3, -0.25) is 5.10 Å². The summed E-state index contributed by atoms with van der Waals surface area (Å²) in [4.78, 5) is 22.1. The highest BCUT2D eigenvalue weighted by Crippen LogP contribution is 2.32. The van der Waals surface area contributed by atoms with Crippen molar-refractivity contribution in [2.75, 3.05) is 18.4 Å². The molecule has 0 bridgehead atoms. The summed E-state index contributed by atoms with van der Waals surface area (Å²) >= 11 is 0. The Balaban J connectivity index is 1.39. The molecule has 3 N–H and O–H groups in total. The normalized spacial score (nSPS) is 14.5. The molecule has 170 valence electrons. The summed E-state index contributed by atoms with van der Waals surface area (Å²) in [6.07, 6.45) is 6.20. The smallest absolute Gasteiger partial charge is 0.410 e. The quantitative estimate of drug-likeness (QED) is 0.387. The van der Waals surface area contributed by atoms with E-state index in [0.717, 1.165) is 51.0 Å². The van der Waals surface area contributed by atoms with Gasteiger partial charge in [-0.25, -0.2) is 9.78 Å². The molecule has 0 spiro atoms. The zero-order valence-corrected chi connectivity index (χ0v) is 19.3. The van der Waals surface area contributed by atoms with Crippen LogP contribution < -0.4 is 5.32 Å². The molecular weight excluding hydrogens is 416 g/mol. The van der Waals surface area contributed by atoms with Crippen molar-refractivity contribution in [1.29, 1.82) is 0 Å². The summed E-state index contributed by atoms with van der Waals surface area (Å²) in [5.74, 6) is 0. The minimum absolute atomic E-state index is 0.271. The van der Waals surface area contributed by atoms with Crippen LogP contribution in [0.3, 0.4) is 0 Å². The lowest BCUT2D eigenvalue weighted by Gasteiger charge is -2.29. The average molecular weight is 445 g/mol. The number of pyridine rings is 1. The first kappa shape index (κ1) is 21.1. The van der Waals surface area contributed by atoms with Crippen molar-refractivity contribution < 1.29 is 9.53 Å². The zero-order valence-electron chi connectivity index (χ0n) is 19.3. The molecule has 0 radical (unpaired) electrons. The molecular formula is C25H28N6O2. The number of hydrogen-bond donors (Lipinski definition) is 3. The van der Waals surface area contributed by atoms with E-state index in [2.05, 4.69) is 56.7 Å². The maximum atomic E-state index is 12.4. The summed E-state index contributed by atoms with van der Waals surface area (Å²) in [7, 11) is 0. The van der Waals surface area contributed by atoms with Gasteiger partial charge in [-0.1, -0.05) is 6.08 Å². The van der Waals surface area contributed by atoms with Gasteiger partial charge in [0, 0.05) is 41.4 Å². The SMILES string of the molecule is Cc1cc2[nH]ncc2cc1Nc1ccnc2[nH]c(C3=CCN(C(=O)OC(C)(C)C)CC3)cc12. The van der Waals surface area contributed by atoms with Gasteiger partial charge < -0.3 is 19.9 Å². The summed E-state index contributed by atoms with van der Waals surface area (Å²) in [5, 5.41) is 12.8. The number of benzene rings is 1. The fourth-order valence-corrected chi connectivity index (χ4v) is 4.09. The number of ether oxygens (including phenoxy) is 1. The number of nitrogens with zero attached hydrogens (tertiary/aromatic N) is 3. The van der Waals surface area contributed by atoms with Crippen LogP contribution in [-0.2, 0) is 4.74 Å². The fraction of sp³-hybridized carbons (Fsp3) is 0.320. The summed E-state index contributed by atoms with van der Waals surface area (Å²) in [6, 6.07) is 8.31. The lowest BCUT2D eigenvalue weighted by Crippen LogP contribution is -2.39. The van der Waals surface area contributed by atoms with Crippen LogP contribution in [-0.4, -0.2) is 49.8 Å². The molecule has 8 nitrogen and oxygen atoms in total. The molecule has 1 aliphatic heterocycles. The fourth-order valence-electron chi connectivity index (χ4n) is 4.09. The van der Waals surface area contributed by atoms with E-state index in [4.69, 9.17) is 4.74 Å². The molecule has 1 amide bonds. The second-order valence-electron chi connectivity index (χ2n) is 9.46. The number of carbonyl (C=O) groups excluding carboxylic acids is 1. The number of H-pyrrole nitrogens is 2. The molecule has 0 saturated heterocycles. The summed E-state index contributed by atoms with van der Waals surface area (Å²) in [6.45, 7) is 8.88. The minimum atomic E-state index is -0.492. The van der Waals surface area contributed by atoms with Crippen LogP contribution in [0.4, 0.5) is 16.2 Å². The van der Waals surface area contributed by atoms with Gasteiger partial charge in [0.15, 0.2) is 0 Å². The van der Waals surface area contributed by atoms with Crippen LogP contribution in [0.15, 0.2) is 42.7 Å². The summed E-state index contributed by atoms with van der Waals surface area (Å²) in [5.41, 5.74) is 6.70. The standard InChI is InChI=1S/C25H28N6O2/c1-15-11-22-17(14-27-30-22)12-20(15)28-19-5-8-26-23-18(19)13-21(29-23)16-6-9-31(10-7-16)24(32)33-25(2,3)4/h5-6,8,11-14H,7,9-10H2,1-4H3,(H,27,30)(H2,26,28,29). The number of nitrogens with one attached hydrogen (secondary N) is 3. The molecule has 0 saturated carbocycles. The van der Waals surface area contributed by atoms with Gasteiger partial charge in [0.05, 0.1) is 17.4 Å². The van der Waals surface area contributed by atoms with E-state index in [1.807, 2.05) is 33.0 Å². The van der Waals surface area contributed by atoms with Gasteiger partial charge in [-0.05, 0) is 69.5 Å². The number of hydrogen-bond acceptors (Lipinski definition) is 5. The van der Waals surface area contributed by atoms with Crippen LogP contribution in [0, 0.1) is 6.92 Å². The first-order valence-corrected chi connectivity index (χ1v) is 11.1. The van der Waals surface area contributed by atoms with Crippen LogP contribution in [0.2, 0.25) is 0 Å². The van der Waals surface area contributed by atoms with Crippen molar-refractivity contribution in [1.82, 2.24) is 25.1 Å². The van der Waals surface area contributed by atoms with Crippen molar-refractivity contribution in [2.45, 2.75) is 39.7 Å². The van der Waals surface area contributed by atoms with E-state index in [1.165, 1.54) is 5.57 Å². The Morgan fingerprint density at radius 1 is 1.21 bits per heavy atom. The van der Waals surface area contributed by atoms with Crippen molar-refractivity contribution in [3.63, 3.8) is 0 Å². The number of anilines is 2. The molecule has 1 aliphatic rings. The van der Waals surface area contributed by atoms with Gasteiger partial charge >= 0.3 is 6.09 Å². The lowest BCUT2D eigenvalue weighted by atomic mass is 10.0. The first-order chi connectivity index (χ1) is 15.8. The van der Waals surface area contributed by atoms with E-state index < -0.39 is 5.60 Å². The molecule has 33 heavy (non-hydrogen) atoms. The van der Waals surface area contributed by atoms with Crippen LogP contribution in [0.1, 0.15) is 38.4 Å². The zero-order chi connectivity index (χ0) is 23.2. The third-order valence-corrected chi connectivity index (χ3v) is 5.79. The molecule has 0 unspecified atom stereocenters.